The molecule has 1 atom stereocenters. The Balaban J connectivity index is 1.48. The molecule has 2 fully saturated rings. The number of esters is 1. The predicted molar refractivity (Wildman–Crippen MR) is 120 cm³/mol. The van der Waals surface area contributed by atoms with Gasteiger partial charge < -0.3 is 24.6 Å². The molecule has 2 heterocycles. The molecular formula is C24H33N3O6. The van der Waals surface area contributed by atoms with Crippen molar-refractivity contribution in [3.8, 4) is 5.75 Å². The number of hydrogen-bond donors (Lipinski definition) is 1. The lowest BCUT2D eigenvalue weighted by molar-refractivity contribution is -0.147. The van der Waals surface area contributed by atoms with Crippen LogP contribution in [0.3, 0.4) is 0 Å². The van der Waals surface area contributed by atoms with Crippen LogP contribution in [0, 0.1) is 12.3 Å². The molecule has 3 amide bonds. The second kappa shape index (κ2) is 10.7. The van der Waals surface area contributed by atoms with Gasteiger partial charge in [-0.3, -0.25) is 14.4 Å². The van der Waals surface area contributed by atoms with Crippen LogP contribution in [0.2, 0.25) is 0 Å². The molecule has 0 bridgehead atoms. The standard InChI is InChI=1S/C24H33N3O6/c1-17-6-4-5-7-20(17)33-15-22(30)26-11-8-24(9-12-26)10-13-27(16-24)21(29)14-19(23(31)32-3)25-18(2)28/h4-7,19H,8-16H2,1-3H3,(H,25,28)/t19-/m0/s1. The smallest absolute Gasteiger partial charge is 0.328 e. The molecule has 1 aromatic carbocycles. The zero-order valence-electron chi connectivity index (χ0n) is 19.6. The summed E-state index contributed by atoms with van der Waals surface area (Å²) < 4.78 is 10.4. The molecule has 9 heteroatoms. The van der Waals surface area contributed by atoms with Crippen molar-refractivity contribution in [2.24, 2.45) is 5.41 Å². The molecule has 180 valence electrons. The highest BCUT2D eigenvalue weighted by Crippen LogP contribution is 2.40. The van der Waals surface area contributed by atoms with Gasteiger partial charge in [-0.05, 0) is 43.2 Å². The third-order valence-electron chi connectivity index (χ3n) is 6.65. The average molecular weight is 460 g/mol. The monoisotopic (exact) mass is 459 g/mol. The number of amides is 3. The van der Waals surface area contributed by atoms with Crippen LogP contribution in [-0.4, -0.2) is 79.4 Å². The average Bonchev–Trinajstić information content (AvgIpc) is 3.21. The van der Waals surface area contributed by atoms with E-state index in [1.165, 1.54) is 14.0 Å². The van der Waals surface area contributed by atoms with E-state index in [1.807, 2.05) is 36.1 Å². The minimum absolute atomic E-state index is 0.0144. The number of hydrogen-bond acceptors (Lipinski definition) is 6. The minimum Gasteiger partial charge on any atom is -0.484 e. The Kier molecular flexibility index (Phi) is 7.94. The van der Waals surface area contributed by atoms with Gasteiger partial charge >= 0.3 is 5.97 Å². The van der Waals surface area contributed by atoms with Gasteiger partial charge in [0.25, 0.3) is 5.91 Å². The summed E-state index contributed by atoms with van der Waals surface area (Å²) in [5.41, 5.74) is 0.976. The summed E-state index contributed by atoms with van der Waals surface area (Å²) in [6.45, 7) is 5.73. The van der Waals surface area contributed by atoms with Crippen molar-refractivity contribution in [2.45, 2.75) is 45.6 Å². The fraction of sp³-hybridized carbons (Fsp3) is 0.583. The number of piperidine rings is 1. The van der Waals surface area contributed by atoms with Crippen molar-refractivity contribution in [1.29, 1.82) is 0 Å². The number of rotatable bonds is 7. The van der Waals surface area contributed by atoms with E-state index >= 15 is 0 Å². The Morgan fingerprint density at radius 2 is 1.67 bits per heavy atom. The molecule has 1 aromatic rings. The van der Waals surface area contributed by atoms with Gasteiger partial charge in [-0.2, -0.15) is 0 Å². The molecule has 3 rings (SSSR count). The number of ether oxygens (including phenoxy) is 2. The van der Waals surface area contributed by atoms with Crippen molar-refractivity contribution in [2.75, 3.05) is 39.9 Å². The Morgan fingerprint density at radius 1 is 1.03 bits per heavy atom. The molecular weight excluding hydrogens is 426 g/mol. The summed E-state index contributed by atoms with van der Waals surface area (Å²) in [5.74, 6) is -0.517. The molecule has 33 heavy (non-hydrogen) atoms. The lowest BCUT2D eigenvalue weighted by Crippen LogP contribution is -2.47. The van der Waals surface area contributed by atoms with Crippen molar-refractivity contribution >= 4 is 23.7 Å². The predicted octanol–water partition coefficient (Wildman–Crippen LogP) is 1.28. The maximum Gasteiger partial charge on any atom is 0.328 e. The fourth-order valence-electron chi connectivity index (χ4n) is 4.62. The fourth-order valence-corrected chi connectivity index (χ4v) is 4.62. The highest BCUT2D eigenvalue weighted by molar-refractivity contribution is 5.89. The molecule has 2 aliphatic heterocycles. The molecule has 1 spiro atoms. The first-order valence-electron chi connectivity index (χ1n) is 11.3. The van der Waals surface area contributed by atoms with E-state index in [0.29, 0.717) is 31.9 Å². The van der Waals surface area contributed by atoms with Crippen molar-refractivity contribution < 1.29 is 28.7 Å². The minimum atomic E-state index is -0.982. The van der Waals surface area contributed by atoms with E-state index in [1.54, 1.807) is 4.90 Å². The normalized spacial score (nSPS) is 18.0. The van der Waals surface area contributed by atoms with Crippen LogP contribution < -0.4 is 10.1 Å². The maximum absolute atomic E-state index is 12.8. The summed E-state index contributed by atoms with van der Waals surface area (Å²) >= 11 is 0. The lowest BCUT2D eigenvalue weighted by Gasteiger charge is -2.39. The highest BCUT2D eigenvalue weighted by atomic mass is 16.5. The zero-order chi connectivity index (χ0) is 24.0. The van der Waals surface area contributed by atoms with Crippen LogP contribution in [0.15, 0.2) is 24.3 Å². The Bertz CT molecular complexity index is 894. The summed E-state index contributed by atoms with van der Waals surface area (Å²) in [6, 6.07) is 6.63. The Labute approximate surface area is 194 Å². The number of likely N-dealkylation sites (tertiary alicyclic amines) is 2. The summed E-state index contributed by atoms with van der Waals surface area (Å²) in [7, 11) is 1.23. The molecule has 2 saturated heterocycles. The van der Waals surface area contributed by atoms with Crippen molar-refractivity contribution in [1.82, 2.24) is 15.1 Å². The molecule has 0 aromatic heterocycles. The third kappa shape index (κ3) is 6.24. The number of benzene rings is 1. The molecule has 0 aliphatic carbocycles. The van der Waals surface area contributed by atoms with E-state index in [-0.39, 0.29) is 36.2 Å². The maximum atomic E-state index is 12.8. The highest BCUT2D eigenvalue weighted by Gasteiger charge is 2.43. The second-order valence-corrected chi connectivity index (χ2v) is 8.98. The van der Waals surface area contributed by atoms with Crippen LogP contribution in [0.1, 0.15) is 38.2 Å². The Morgan fingerprint density at radius 3 is 2.27 bits per heavy atom. The molecule has 0 unspecified atom stereocenters. The molecule has 1 N–H and O–H groups in total. The zero-order valence-corrected chi connectivity index (χ0v) is 19.6. The quantitative estimate of drug-likeness (QED) is 0.616. The van der Waals surface area contributed by atoms with Gasteiger partial charge in [-0.25, -0.2) is 4.79 Å². The number of methoxy groups -OCH3 is 1. The van der Waals surface area contributed by atoms with Gasteiger partial charge in [0.2, 0.25) is 11.8 Å². The van der Waals surface area contributed by atoms with Gasteiger partial charge in [0.15, 0.2) is 6.61 Å². The first-order chi connectivity index (χ1) is 15.7. The number of carbonyl (C=O) groups excluding carboxylic acids is 4. The summed E-state index contributed by atoms with van der Waals surface area (Å²) in [5, 5.41) is 2.48. The number of nitrogens with one attached hydrogen (secondary N) is 1. The molecule has 0 saturated carbocycles. The van der Waals surface area contributed by atoms with Gasteiger partial charge in [-0.1, -0.05) is 18.2 Å². The SMILES string of the molecule is COC(=O)[C@H](CC(=O)N1CCC2(CCN(C(=O)COc3ccccc3C)CC2)C1)NC(C)=O. The van der Waals surface area contributed by atoms with Crippen molar-refractivity contribution in [3.05, 3.63) is 29.8 Å². The van der Waals surface area contributed by atoms with Gasteiger partial charge in [0.1, 0.15) is 11.8 Å². The van der Waals surface area contributed by atoms with Gasteiger partial charge in [0, 0.05) is 33.1 Å². The van der Waals surface area contributed by atoms with E-state index in [4.69, 9.17) is 9.47 Å². The first-order valence-corrected chi connectivity index (χ1v) is 11.3. The number of carbonyl (C=O) groups is 4. The largest absolute Gasteiger partial charge is 0.484 e. The second-order valence-electron chi connectivity index (χ2n) is 8.98. The first kappa shape index (κ1) is 24.5. The van der Waals surface area contributed by atoms with Crippen LogP contribution in [0.25, 0.3) is 0 Å². The lowest BCUT2D eigenvalue weighted by atomic mass is 9.78. The summed E-state index contributed by atoms with van der Waals surface area (Å²) in [6.07, 6.45) is 2.38. The van der Waals surface area contributed by atoms with Crippen LogP contribution in [-0.2, 0) is 23.9 Å². The van der Waals surface area contributed by atoms with Gasteiger partial charge in [-0.15, -0.1) is 0 Å². The third-order valence-corrected chi connectivity index (χ3v) is 6.65. The molecule has 9 nitrogen and oxygen atoms in total. The van der Waals surface area contributed by atoms with E-state index in [2.05, 4.69) is 5.32 Å². The van der Waals surface area contributed by atoms with E-state index in [0.717, 1.165) is 24.8 Å². The summed E-state index contributed by atoms with van der Waals surface area (Å²) in [4.78, 5) is 52.3. The number of nitrogens with zero attached hydrogens (tertiary/aromatic N) is 2. The van der Waals surface area contributed by atoms with Gasteiger partial charge in [0.05, 0.1) is 13.5 Å². The molecule has 2 aliphatic rings. The topological polar surface area (TPSA) is 105 Å². The van der Waals surface area contributed by atoms with Crippen molar-refractivity contribution in [3.63, 3.8) is 0 Å². The number of aryl methyl sites for hydroxylation is 1. The number of para-hydroxylation sites is 1. The van der Waals surface area contributed by atoms with Crippen LogP contribution >= 0.6 is 0 Å². The molecule has 0 radical (unpaired) electrons. The Hall–Kier alpha value is -3.10. The van der Waals surface area contributed by atoms with Crippen LogP contribution in [0.5, 0.6) is 5.75 Å². The van der Waals surface area contributed by atoms with Crippen LogP contribution in [0.4, 0.5) is 0 Å². The van der Waals surface area contributed by atoms with E-state index < -0.39 is 12.0 Å². The van der Waals surface area contributed by atoms with E-state index in [9.17, 15) is 19.2 Å².